The molecule has 0 bridgehead atoms. The highest BCUT2D eigenvalue weighted by Gasteiger charge is 2.28. The zero-order valence-electron chi connectivity index (χ0n) is 12.4. The number of fused-ring (bicyclic) bond motifs is 1. The van der Waals surface area contributed by atoms with Gasteiger partial charge < -0.3 is 5.11 Å². The fourth-order valence-corrected chi connectivity index (χ4v) is 2.73. The lowest BCUT2D eigenvalue weighted by Gasteiger charge is -2.16. The molecule has 1 fully saturated rings. The fraction of sp³-hybridized carbons (Fsp3) is 0.375. The molecule has 0 aliphatic carbocycles. The Morgan fingerprint density at radius 3 is 2.76 bits per heavy atom. The number of hydrogen-bond donors (Lipinski definition) is 1. The monoisotopic (exact) mass is 286 g/mol. The highest BCUT2D eigenvalue weighted by atomic mass is 16.7. The number of aromatic nitrogens is 1. The van der Waals surface area contributed by atoms with Crippen LogP contribution in [0.3, 0.4) is 0 Å². The molecule has 2 aromatic rings. The molecule has 0 radical (unpaired) electrons. The average molecular weight is 286 g/mol. The van der Waals surface area contributed by atoms with Crippen LogP contribution < -0.4 is 0 Å². The molecule has 1 saturated heterocycles. The van der Waals surface area contributed by atoms with Crippen molar-refractivity contribution in [1.82, 2.24) is 10.0 Å². The number of nitrogens with zero attached hydrogens (tertiary/aromatic N) is 2. The maximum atomic E-state index is 12.6. The van der Waals surface area contributed by atoms with Crippen LogP contribution in [0.15, 0.2) is 18.2 Å². The van der Waals surface area contributed by atoms with E-state index < -0.39 is 6.10 Å². The van der Waals surface area contributed by atoms with Crippen molar-refractivity contribution in [1.29, 1.82) is 0 Å². The van der Waals surface area contributed by atoms with Gasteiger partial charge in [-0.25, -0.2) is 5.06 Å². The molecule has 1 aliphatic rings. The van der Waals surface area contributed by atoms with Gasteiger partial charge in [-0.3, -0.25) is 14.6 Å². The molecular formula is C16H18N2O3. The summed E-state index contributed by atoms with van der Waals surface area (Å²) in [6.07, 6.45) is -0.619. The number of benzene rings is 1. The smallest absolute Gasteiger partial charge is 0.278 e. The van der Waals surface area contributed by atoms with Gasteiger partial charge in [0, 0.05) is 11.1 Å². The number of amides is 1. The maximum Gasteiger partial charge on any atom is 0.278 e. The summed E-state index contributed by atoms with van der Waals surface area (Å²) in [5.74, 6) is -0.230. The number of aliphatic hydroxyl groups is 1. The molecule has 21 heavy (non-hydrogen) atoms. The molecule has 5 nitrogen and oxygen atoms in total. The summed E-state index contributed by atoms with van der Waals surface area (Å²) in [6.45, 7) is 6.22. The van der Waals surface area contributed by atoms with Gasteiger partial charge in [0.2, 0.25) is 0 Å². The maximum absolute atomic E-state index is 12.6. The van der Waals surface area contributed by atoms with Gasteiger partial charge in [0.1, 0.15) is 12.7 Å². The number of hydrogen-bond acceptors (Lipinski definition) is 4. The van der Waals surface area contributed by atoms with Crippen molar-refractivity contribution < 1.29 is 14.7 Å². The Kier molecular flexibility index (Phi) is 3.39. The molecule has 1 amide bonds. The molecule has 0 spiro atoms. The summed E-state index contributed by atoms with van der Waals surface area (Å²) >= 11 is 0. The molecule has 0 unspecified atom stereocenters. The van der Waals surface area contributed by atoms with Crippen LogP contribution in [0.4, 0.5) is 0 Å². The third-order valence-corrected chi connectivity index (χ3v) is 3.63. The van der Waals surface area contributed by atoms with E-state index >= 15 is 0 Å². The molecule has 1 aromatic heterocycles. The van der Waals surface area contributed by atoms with Gasteiger partial charge in [-0.15, -0.1) is 0 Å². The molecule has 0 saturated carbocycles. The minimum atomic E-state index is -0.619. The third kappa shape index (κ3) is 2.50. The van der Waals surface area contributed by atoms with Gasteiger partial charge in [-0.2, -0.15) is 0 Å². The van der Waals surface area contributed by atoms with Crippen LogP contribution in [0.5, 0.6) is 0 Å². The highest BCUT2D eigenvalue weighted by Crippen LogP contribution is 2.25. The number of pyridine rings is 1. The molecule has 110 valence electrons. The Morgan fingerprint density at radius 1 is 1.33 bits per heavy atom. The summed E-state index contributed by atoms with van der Waals surface area (Å²) in [4.78, 5) is 22.4. The van der Waals surface area contributed by atoms with E-state index in [1.807, 2.05) is 26.8 Å². The van der Waals surface area contributed by atoms with E-state index in [9.17, 15) is 9.90 Å². The van der Waals surface area contributed by atoms with Gasteiger partial charge in [0.15, 0.2) is 0 Å². The summed E-state index contributed by atoms with van der Waals surface area (Å²) in [5.41, 5.74) is 4.33. The summed E-state index contributed by atoms with van der Waals surface area (Å²) in [5, 5.41) is 11.6. The van der Waals surface area contributed by atoms with Crippen molar-refractivity contribution in [3.63, 3.8) is 0 Å². The standard InChI is InChI=1S/C16H18N2O3/c1-9-4-10(2)15-13(5-9)14(6-11(3)17-15)16(20)18-7-12(19)8-21-18/h4-6,12,19H,7-8H2,1-3H3/t12-/m1/s1. The SMILES string of the molecule is Cc1cc(C)c2nc(C)cc(C(=O)N3C[C@@H](O)CO3)c2c1. The normalized spacial score (nSPS) is 18.5. The van der Waals surface area contributed by atoms with E-state index in [1.54, 1.807) is 6.07 Å². The van der Waals surface area contributed by atoms with Crippen molar-refractivity contribution in [2.75, 3.05) is 13.2 Å². The Balaban J connectivity index is 2.15. The van der Waals surface area contributed by atoms with Crippen LogP contribution in [0.2, 0.25) is 0 Å². The van der Waals surface area contributed by atoms with Crippen LogP contribution >= 0.6 is 0 Å². The molecule has 3 rings (SSSR count). The van der Waals surface area contributed by atoms with Gasteiger partial charge in [0.05, 0.1) is 17.6 Å². The number of carbonyl (C=O) groups is 1. The van der Waals surface area contributed by atoms with E-state index in [1.165, 1.54) is 5.06 Å². The molecule has 2 heterocycles. The summed E-state index contributed by atoms with van der Waals surface area (Å²) in [7, 11) is 0. The Bertz CT molecular complexity index is 727. The fourth-order valence-electron chi connectivity index (χ4n) is 2.73. The zero-order valence-corrected chi connectivity index (χ0v) is 12.4. The van der Waals surface area contributed by atoms with E-state index in [-0.39, 0.29) is 19.1 Å². The van der Waals surface area contributed by atoms with Crippen LogP contribution in [0.1, 0.15) is 27.2 Å². The molecule has 1 atom stereocenters. The highest BCUT2D eigenvalue weighted by molar-refractivity contribution is 6.06. The first kappa shape index (κ1) is 14.0. The van der Waals surface area contributed by atoms with Crippen molar-refractivity contribution in [3.8, 4) is 0 Å². The van der Waals surface area contributed by atoms with Gasteiger partial charge >= 0.3 is 0 Å². The van der Waals surface area contributed by atoms with Crippen molar-refractivity contribution in [2.24, 2.45) is 0 Å². The summed E-state index contributed by atoms with van der Waals surface area (Å²) in [6, 6.07) is 5.80. The molecule has 5 heteroatoms. The predicted molar refractivity (Wildman–Crippen MR) is 78.9 cm³/mol. The topological polar surface area (TPSA) is 62.7 Å². The van der Waals surface area contributed by atoms with Crippen molar-refractivity contribution >= 4 is 16.8 Å². The van der Waals surface area contributed by atoms with E-state index in [0.29, 0.717) is 5.56 Å². The Morgan fingerprint density at radius 2 is 2.10 bits per heavy atom. The lowest BCUT2D eigenvalue weighted by atomic mass is 10.0. The average Bonchev–Trinajstić information content (AvgIpc) is 2.85. The summed E-state index contributed by atoms with van der Waals surface area (Å²) < 4.78 is 0. The largest absolute Gasteiger partial charge is 0.389 e. The number of β-amino-alcohol motifs (C(OH)–C–C–N with tert-alkyl or cyclic N) is 1. The van der Waals surface area contributed by atoms with Crippen LogP contribution in [0, 0.1) is 20.8 Å². The lowest BCUT2D eigenvalue weighted by Crippen LogP contribution is -2.28. The minimum absolute atomic E-state index is 0.159. The van der Waals surface area contributed by atoms with Crippen LogP contribution in [-0.4, -0.2) is 40.3 Å². The quantitative estimate of drug-likeness (QED) is 0.870. The molecule has 1 aromatic carbocycles. The van der Waals surface area contributed by atoms with E-state index in [0.717, 1.165) is 27.7 Å². The lowest BCUT2D eigenvalue weighted by molar-refractivity contribution is -0.0778. The Labute approximate surface area is 123 Å². The Hall–Kier alpha value is -1.98. The molecule has 1 N–H and O–H groups in total. The van der Waals surface area contributed by atoms with Crippen molar-refractivity contribution in [2.45, 2.75) is 26.9 Å². The molecule has 1 aliphatic heterocycles. The van der Waals surface area contributed by atoms with Gasteiger partial charge in [-0.05, 0) is 38.5 Å². The van der Waals surface area contributed by atoms with Crippen LogP contribution in [0.25, 0.3) is 10.9 Å². The third-order valence-electron chi connectivity index (χ3n) is 3.63. The van der Waals surface area contributed by atoms with Crippen LogP contribution in [-0.2, 0) is 4.84 Å². The first-order chi connectivity index (χ1) is 9.95. The second-order valence-corrected chi connectivity index (χ2v) is 5.61. The van der Waals surface area contributed by atoms with E-state index in [2.05, 4.69) is 11.1 Å². The number of carbonyl (C=O) groups excluding carboxylic acids is 1. The first-order valence-corrected chi connectivity index (χ1v) is 6.97. The first-order valence-electron chi connectivity index (χ1n) is 6.97. The number of aryl methyl sites for hydroxylation is 3. The molecular weight excluding hydrogens is 268 g/mol. The number of rotatable bonds is 1. The minimum Gasteiger partial charge on any atom is -0.389 e. The second-order valence-electron chi connectivity index (χ2n) is 5.61. The van der Waals surface area contributed by atoms with Gasteiger partial charge in [0.25, 0.3) is 5.91 Å². The number of aliphatic hydroxyl groups excluding tert-OH is 1. The van der Waals surface area contributed by atoms with Gasteiger partial charge in [-0.1, -0.05) is 11.6 Å². The second kappa shape index (κ2) is 5.09. The van der Waals surface area contributed by atoms with Crippen molar-refractivity contribution in [3.05, 3.63) is 40.6 Å². The van der Waals surface area contributed by atoms with E-state index in [4.69, 9.17) is 4.84 Å². The predicted octanol–water partition coefficient (Wildman–Crippen LogP) is 1.91. The zero-order chi connectivity index (χ0) is 15.1. The number of hydroxylamine groups is 2.